The van der Waals surface area contributed by atoms with Crippen LogP contribution in [0.25, 0.3) is 22.5 Å². The first-order chi connectivity index (χ1) is 23.9. The second-order valence-electron chi connectivity index (χ2n) is 14.2. The topological polar surface area (TPSA) is 165 Å². The van der Waals surface area contributed by atoms with E-state index in [1.807, 2.05) is 53.2 Å². The van der Waals surface area contributed by atoms with E-state index in [4.69, 9.17) is 19.7 Å². The smallest absolute Gasteiger partial charge is 0.408 e. The number of rotatable bonds is 6. The maximum atomic E-state index is 14.4. The van der Waals surface area contributed by atoms with Crippen molar-refractivity contribution in [1.82, 2.24) is 30.5 Å². The van der Waals surface area contributed by atoms with Crippen molar-refractivity contribution < 1.29 is 33.8 Å². The summed E-state index contributed by atoms with van der Waals surface area (Å²) in [4.78, 5) is 57.0. The highest BCUT2D eigenvalue weighted by Gasteiger charge is 2.61. The fraction of sp³-hybridized carbons (Fsp3) is 0.500. The Labute approximate surface area is 295 Å². The van der Waals surface area contributed by atoms with Gasteiger partial charge in [0.15, 0.2) is 0 Å². The monoisotopic (exact) mass is 704 g/mol. The summed E-state index contributed by atoms with van der Waals surface area (Å²) in [6.45, 7) is 5.31. The molecular formula is C36H44N6O7S. The summed E-state index contributed by atoms with van der Waals surface area (Å²) >= 11 is 1.53. The molecule has 1 saturated carbocycles. The summed E-state index contributed by atoms with van der Waals surface area (Å²) in [5.74, 6) is -1.76. The van der Waals surface area contributed by atoms with Gasteiger partial charge in [0.1, 0.15) is 40.4 Å². The van der Waals surface area contributed by atoms with Crippen molar-refractivity contribution in [3.05, 3.63) is 53.2 Å². The molecule has 2 fully saturated rings. The first kappa shape index (κ1) is 35.1. The average molecular weight is 705 g/mol. The molecule has 3 amide bonds. The Morgan fingerprint density at radius 3 is 2.46 bits per heavy atom. The highest BCUT2D eigenvalue weighted by molar-refractivity contribution is 7.08. The Bertz CT molecular complexity index is 1750. The van der Waals surface area contributed by atoms with Gasteiger partial charge in [0.05, 0.1) is 13.2 Å². The standard InChI is InChI=1S/C36H44N6O7S/c1-35(2,3)49-34(47)37-27-11-9-7-5-6-8-10-24-19-36(24,33(45)46)38-31(43)28-18-25(20-41(28)32(27)44)42-39-29(22-12-14-26(48-4)15-13-22)30(40-42)23-16-17-50-21-23/h8,10,12-17,21,24-25,27-28H,5-7,9,11,18-20H2,1-4H3,(H,37,47)(H,38,43)(H,45,46)/b10-8-/t24-,25+,27+,28+,36-/m1/s1. The molecule has 266 valence electrons. The van der Waals surface area contributed by atoms with E-state index in [1.165, 1.54) is 16.2 Å². The lowest BCUT2D eigenvalue weighted by molar-refractivity contribution is -0.145. The third kappa shape index (κ3) is 7.54. The predicted octanol–water partition coefficient (Wildman–Crippen LogP) is 5.20. The number of carboxylic acid groups (broad SMARTS) is 1. The Morgan fingerprint density at radius 2 is 1.80 bits per heavy atom. The minimum absolute atomic E-state index is 0.0760. The summed E-state index contributed by atoms with van der Waals surface area (Å²) < 4.78 is 10.8. The second kappa shape index (κ2) is 14.3. The van der Waals surface area contributed by atoms with Crippen LogP contribution >= 0.6 is 11.3 Å². The van der Waals surface area contributed by atoms with E-state index in [0.717, 1.165) is 30.4 Å². The highest BCUT2D eigenvalue weighted by Crippen LogP contribution is 2.46. The summed E-state index contributed by atoms with van der Waals surface area (Å²) in [6, 6.07) is 6.95. The third-order valence-electron chi connectivity index (χ3n) is 9.44. The van der Waals surface area contributed by atoms with Gasteiger partial charge in [-0.25, -0.2) is 9.59 Å². The molecule has 14 heteroatoms. The van der Waals surface area contributed by atoms with Gasteiger partial charge in [-0.2, -0.15) is 26.3 Å². The van der Waals surface area contributed by atoms with Crippen LogP contribution in [0.2, 0.25) is 0 Å². The van der Waals surface area contributed by atoms with Crippen LogP contribution in [0.1, 0.15) is 71.8 Å². The normalized spacial score (nSPS) is 26.4. The predicted molar refractivity (Wildman–Crippen MR) is 186 cm³/mol. The van der Waals surface area contributed by atoms with Crippen molar-refractivity contribution in [2.45, 2.75) is 95.0 Å². The zero-order valence-corrected chi connectivity index (χ0v) is 29.6. The van der Waals surface area contributed by atoms with E-state index in [1.54, 1.807) is 32.7 Å². The van der Waals surface area contributed by atoms with Gasteiger partial charge < -0.3 is 30.1 Å². The van der Waals surface area contributed by atoms with Gasteiger partial charge in [0, 0.05) is 35.4 Å². The lowest BCUT2D eigenvalue weighted by atomic mass is 10.0. The molecular weight excluding hydrogens is 660 g/mol. The summed E-state index contributed by atoms with van der Waals surface area (Å²) in [6.07, 6.45) is 6.94. The van der Waals surface area contributed by atoms with Crippen LogP contribution in [0.5, 0.6) is 5.75 Å². The molecule has 1 saturated heterocycles. The number of aromatic nitrogens is 3. The lowest BCUT2D eigenvalue weighted by Crippen LogP contribution is -2.56. The van der Waals surface area contributed by atoms with E-state index in [9.17, 15) is 24.3 Å². The van der Waals surface area contributed by atoms with Gasteiger partial charge in [0.25, 0.3) is 0 Å². The number of alkyl carbamates (subject to hydrolysis) is 1. The number of amides is 3. The lowest BCUT2D eigenvalue weighted by Gasteiger charge is -2.30. The summed E-state index contributed by atoms with van der Waals surface area (Å²) in [5.41, 5.74) is 0.766. The molecule has 0 unspecified atom stereocenters. The van der Waals surface area contributed by atoms with Crippen LogP contribution in [0, 0.1) is 5.92 Å². The van der Waals surface area contributed by atoms with Crippen molar-refractivity contribution >= 4 is 35.2 Å². The van der Waals surface area contributed by atoms with Gasteiger partial charge >= 0.3 is 12.1 Å². The number of nitrogens with zero attached hydrogens (tertiary/aromatic N) is 4. The maximum absolute atomic E-state index is 14.4. The molecule has 3 aliphatic rings. The fourth-order valence-corrected chi connectivity index (χ4v) is 7.36. The zero-order chi connectivity index (χ0) is 35.6. The van der Waals surface area contributed by atoms with Crippen LogP contribution in [0.15, 0.2) is 53.2 Å². The van der Waals surface area contributed by atoms with Crippen molar-refractivity contribution in [1.29, 1.82) is 0 Å². The highest BCUT2D eigenvalue weighted by atomic mass is 32.1. The fourth-order valence-electron chi connectivity index (χ4n) is 6.72. The third-order valence-corrected chi connectivity index (χ3v) is 10.1. The summed E-state index contributed by atoms with van der Waals surface area (Å²) in [7, 11) is 1.60. The molecule has 0 radical (unpaired) electrons. The van der Waals surface area contributed by atoms with Gasteiger partial charge in [-0.05, 0) is 82.2 Å². The van der Waals surface area contributed by atoms with Crippen molar-refractivity contribution in [2.75, 3.05) is 13.7 Å². The van der Waals surface area contributed by atoms with Crippen molar-refractivity contribution in [3.8, 4) is 28.3 Å². The number of benzene rings is 1. The van der Waals surface area contributed by atoms with E-state index >= 15 is 0 Å². The number of carbonyl (C=O) groups excluding carboxylic acids is 3. The number of carbonyl (C=O) groups is 4. The number of thiophene rings is 1. The molecule has 0 spiro atoms. The molecule has 0 bridgehead atoms. The molecule has 50 heavy (non-hydrogen) atoms. The van der Waals surface area contributed by atoms with E-state index in [2.05, 4.69) is 10.6 Å². The van der Waals surface area contributed by atoms with Crippen LogP contribution in [0.4, 0.5) is 4.79 Å². The van der Waals surface area contributed by atoms with Crippen LogP contribution in [0.3, 0.4) is 0 Å². The van der Waals surface area contributed by atoms with Crippen LogP contribution in [-0.2, 0) is 19.1 Å². The summed E-state index contributed by atoms with van der Waals surface area (Å²) in [5, 5.41) is 29.5. The van der Waals surface area contributed by atoms with Crippen LogP contribution in [-0.4, -0.2) is 85.8 Å². The van der Waals surface area contributed by atoms with E-state index in [0.29, 0.717) is 30.0 Å². The molecule has 4 heterocycles. The Hall–Kier alpha value is -4.72. The molecule has 3 N–H and O–H groups in total. The Morgan fingerprint density at radius 1 is 1.06 bits per heavy atom. The van der Waals surface area contributed by atoms with E-state index < -0.39 is 53.1 Å². The number of aliphatic carboxylic acids is 1. The first-order valence-corrected chi connectivity index (χ1v) is 18.0. The molecule has 2 aromatic heterocycles. The molecule has 13 nitrogen and oxygen atoms in total. The average Bonchev–Trinajstić information content (AvgIpc) is 3.52. The minimum atomic E-state index is -1.44. The number of nitrogens with one attached hydrogen (secondary N) is 2. The zero-order valence-electron chi connectivity index (χ0n) is 28.8. The SMILES string of the molecule is COc1ccc(-c2nn([C@H]3C[C@H]4C(=O)N[C@]5(C(=O)O)C[C@H]5/C=C\CCCCC[C@H](NC(=O)OC(C)(C)C)C(=O)N4C3)nc2-c2ccsc2)cc1. The quantitative estimate of drug-likeness (QED) is 0.293. The molecule has 1 aliphatic carbocycles. The number of hydrogen-bond donors (Lipinski definition) is 3. The minimum Gasteiger partial charge on any atom is -0.497 e. The second-order valence-corrected chi connectivity index (χ2v) is 15.0. The molecule has 2 aliphatic heterocycles. The first-order valence-electron chi connectivity index (χ1n) is 17.0. The van der Waals surface area contributed by atoms with Crippen LogP contribution < -0.4 is 15.4 Å². The number of carboxylic acids is 1. The number of ether oxygens (including phenoxy) is 2. The van der Waals surface area contributed by atoms with E-state index in [-0.39, 0.29) is 25.3 Å². The number of fused-ring (bicyclic) bond motifs is 2. The van der Waals surface area contributed by atoms with Gasteiger partial charge in [-0.15, -0.1) is 0 Å². The number of methoxy groups -OCH3 is 1. The van der Waals surface area contributed by atoms with Gasteiger partial charge in [-0.3, -0.25) is 9.59 Å². The number of allylic oxidation sites excluding steroid dienone is 1. The Kier molecular flexibility index (Phi) is 10.0. The molecule has 3 aromatic rings. The van der Waals surface area contributed by atoms with Gasteiger partial charge in [0.2, 0.25) is 11.8 Å². The maximum Gasteiger partial charge on any atom is 0.408 e. The molecule has 6 rings (SSSR count). The van der Waals surface area contributed by atoms with Crippen molar-refractivity contribution in [2.24, 2.45) is 5.92 Å². The molecule has 1 aromatic carbocycles. The molecule has 5 atom stereocenters. The van der Waals surface area contributed by atoms with Crippen molar-refractivity contribution in [3.63, 3.8) is 0 Å². The number of hydrogen-bond acceptors (Lipinski definition) is 9. The largest absolute Gasteiger partial charge is 0.497 e. The Balaban J connectivity index is 1.35. The van der Waals surface area contributed by atoms with Gasteiger partial charge in [-0.1, -0.05) is 25.0 Å².